The Morgan fingerprint density at radius 2 is 1.71 bits per heavy atom. The topological polar surface area (TPSA) is 99.2 Å². The molecule has 34 heavy (non-hydrogen) atoms. The monoisotopic (exact) mass is 475 g/mol. The SMILES string of the molecule is CCCCCC(=O)c1ccc(OCCCN2CCN(C(=O)[C@H](CC(C)C)NC(=O)O)CC2)cc1. The largest absolute Gasteiger partial charge is 0.494 e. The number of nitrogens with zero attached hydrogens (tertiary/aromatic N) is 2. The summed E-state index contributed by atoms with van der Waals surface area (Å²) >= 11 is 0. The number of ketones is 1. The Balaban J connectivity index is 1.67. The van der Waals surface area contributed by atoms with Gasteiger partial charge in [-0.15, -0.1) is 0 Å². The smallest absolute Gasteiger partial charge is 0.405 e. The molecule has 1 atom stereocenters. The van der Waals surface area contributed by atoms with Crippen molar-refractivity contribution in [2.45, 2.75) is 65.3 Å². The summed E-state index contributed by atoms with van der Waals surface area (Å²) in [4.78, 5) is 40.0. The fraction of sp³-hybridized carbons (Fsp3) is 0.654. The summed E-state index contributed by atoms with van der Waals surface area (Å²) < 4.78 is 5.83. The molecule has 0 aromatic heterocycles. The van der Waals surface area contributed by atoms with E-state index in [2.05, 4.69) is 17.1 Å². The maximum Gasteiger partial charge on any atom is 0.405 e. The third-order valence-electron chi connectivity index (χ3n) is 6.06. The Morgan fingerprint density at radius 3 is 2.29 bits per heavy atom. The standard InChI is InChI=1S/C26H41N3O5/c1-4-5-6-8-24(30)21-9-11-22(12-10-21)34-18-7-13-28-14-16-29(17-15-28)25(31)23(19-20(2)3)27-26(32)33/h9-12,20,23,27H,4-8,13-19H2,1-3H3,(H,32,33)/t23-/m0/s1. The molecular formula is C26H41N3O5. The molecule has 8 nitrogen and oxygen atoms in total. The highest BCUT2D eigenvalue weighted by Gasteiger charge is 2.29. The van der Waals surface area contributed by atoms with Crippen LogP contribution >= 0.6 is 0 Å². The quantitative estimate of drug-likeness (QED) is 0.311. The average Bonchev–Trinajstić information content (AvgIpc) is 2.81. The van der Waals surface area contributed by atoms with E-state index < -0.39 is 12.1 Å². The number of benzene rings is 1. The number of rotatable bonds is 14. The van der Waals surface area contributed by atoms with E-state index in [1.54, 1.807) is 4.90 Å². The van der Waals surface area contributed by atoms with Crippen LogP contribution in [-0.2, 0) is 4.79 Å². The van der Waals surface area contributed by atoms with E-state index in [-0.39, 0.29) is 17.6 Å². The van der Waals surface area contributed by atoms with Crippen molar-refractivity contribution in [1.29, 1.82) is 0 Å². The van der Waals surface area contributed by atoms with Gasteiger partial charge >= 0.3 is 6.09 Å². The zero-order valence-electron chi connectivity index (χ0n) is 20.9. The third kappa shape index (κ3) is 9.71. The number of carboxylic acid groups (broad SMARTS) is 1. The molecule has 2 amide bonds. The van der Waals surface area contributed by atoms with Crippen molar-refractivity contribution in [3.8, 4) is 5.75 Å². The van der Waals surface area contributed by atoms with Crippen molar-refractivity contribution in [3.63, 3.8) is 0 Å². The van der Waals surface area contributed by atoms with E-state index in [0.29, 0.717) is 32.5 Å². The predicted octanol–water partition coefficient (Wildman–Crippen LogP) is 4.05. The molecule has 8 heteroatoms. The van der Waals surface area contributed by atoms with Gasteiger partial charge in [0.1, 0.15) is 11.8 Å². The predicted molar refractivity (Wildman–Crippen MR) is 132 cm³/mol. The lowest BCUT2D eigenvalue weighted by molar-refractivity contribution is -0.135. The van der Waals surface area contributed by atoms with Gasteiger partial charge in [-0.1, -0.05) is 33.6 Å². The third-order valence-corrected chi connectivity index (χ3v) is 6.06. The Labute approximate surface area is 203 Å². The van der Waals surface area contributed by atoms with Crippen LogP contribution in [0.1, 0.15) is 69.7 Å². The minimum Gasteiger partial charge on any atom is -0.494 e. The van der Waals surface area contributed by atoms with Crippen molar-refractivity contribution < 1.29 is 24.2 Å². The Morgan fingerprint density at radius 1 is 1.03 bits per heavy atom. The van der Waals surface area contributed by atoms with Gasteiger partial charge in [-0.3, -0.25) is 14.5 Å². The second-order valence-electron chi connectivity index (χ2n) is 9.41. The van der Waals surface area contributed by atoms with Crippen LogP contribution in [0.5, 0.6) is 5.75 Å². The molecule has 1 saturated heterocycles. The first-order valence-corrected chi connectivity index (χ1v) is 12.6. The highest BCUT2D eigenvalue weighted by atomic mass is 16.5. The van der Waals surface area contributed by atoms with Gasteiger partial charge in [-0.2, -0.15) is 0 Å². The lowest BCUT2D eigenvalue weighted by atomic mass is 10.0. The first-order valence-electron chi connectivity index (χ1n) is 12.6. The highest BCUT2D eigenvalue weighted by Crippen LogP contribution is 2.16. The molecule has 1 aliphatic heterocycles. The molecule has 2 rings (SSSR count). The molecule has 0 unspecified atom stereocenters. The number of nitrogens with one attached hydrogen (secondary N) is 1. The summed E-state index contributed by atoms with van der Waals surface area (Å²) in [5.41, 5.74) is 0.741. The van der Waals surface area contributed by atoms with Crippen LogP contribution < -0.4 is 10.1 Å². The minimum absolute atomic E-state index is 0.133. The van der Waals surface area contributed by atoms with Crippen LogP contribution in [0.25, 0.3) is 0 Å². The summed E-state index contributed by atoms with van der Waals surface area (Å²) in [5.74, 6) is 1.05. The molecule has 0 aliphatic carbocycles. The lowest BCUT2D eigenvalue weighted by Gasteiger charge is -2.36. The molecule has 1 heterocycles. The first-order chi connectivity index (χ1) is 16.3. The van der Waals surface area contributed by atoms with Crippen LogP contribution in [0.3, 0.4) is 0 Å². The van der Waals surface area contributed by atoms with Crippen LogP contribution in [0, 0.1) is 5.92 Å². The lowest BCUT2D eigenvalue weighted by Crippen LogP contribution is -2.55. The number of hydrogen-bond acceptors (Lipinski definition) is 5. The fourth-order valence-electron chi connectivity index (χ4n) is 4.15. The number of amides is 2. The van der Waals surface area contributed by atoms with E-state index in [4.69, 9.17) is 9.84 Å². The van der Waals surface area contributed by atoms with Crippen LogP contribution in [0.2, 0.25) is 0 Å². The van der Waals surface area contributed by atoms with E-state index in [9.17, 15) is 14.4 Å². The second-order valence-corrected chi connectivity index (χ2v) is 9.41. The first kappa shape index (κ1) is 27.6. The molecule has 190 valence electrons. The molecular weight excluding hydrogens is 434 g/mol. The number of piperazine rings is 1. The zero-order chi connectivity index (χ0) is 24.9. The number of carbonyl (C=O) groups is 3. The van der Waals surface area contributed by atoms with Gasteiger partial charge in [0, 0.05) is 44.7 Å². The van der Waals surface area contributed by atoms with E-state index >= 15 is 0 Å². The molecule has 0 bridgehead atoms. The van der Waals surface area contributed by atoms with E-state index in [1.165, 1.54) is 0 Å². The van der Waals surface area contributed by atoms with Gasteiger partial charge in [0.15, 0.2) is 5.78 Å². The normalized spacial score (nSPS) is 15.2. The Hall–Kier alpha value is -2.61. The molecule has 0 spiro atoms. The fourth-order valence-corrected chi connectivity index (χ4v) is 4.15. The van der Waals surface area contributed by atoms with Crippen molar-refractivity contribution in [2.24, 2.45) is 5.92 Å². The maximum absolute atomic E-state index is 12.8. The molecule has 1 aromatic carbocycles. The van der Waals surface area contributed by atoms with Gasteiger partial charge < -0.3 is 20.1 Å². The van der Waals surface area contributed by atoms with Crippen LogP contribution in [-0.4, -0.2) is 78.1 Å². The van der Waals surface area contributed by atoms with Crippen molar-refractivity contribution in [1.82, 2.24) is 15.1 Å². The number of Topliss-reactive ketones (excluding diaryl/α,β-unsaturated/α-hetero) is 1. The molecule has 0 radical (unpaired) electrons. The Bertz CT molecular complexity index is 773. The highest BCUT2D eigenvalue weighted by molar-refractivity contribution is 5.96. The van der Waals surface area contributed by atoms with Gasteiger partial charge in [0.2, 0.25) is 5.91 Å². The van der Waals surface area contributed by atoms with Crippen molar-refractivity contribution in [2.75, 3.05) is 39.3 Å². The van der Waals surface area contributed by atoms with Crippen molar-refractivity contribution in [3.05, 3.63) is 29.8 Å². The molecule has 1 aromatic rings. The van der Waals surface area contributed by atoms with Gasteiger partial charge in [0.05, 0.1) is 6.61 Å². The summed E-state index contributed by atoms with van der Waals surface area (Å²) in [6, 6.07) is 6.71. The molecule has 1 aliphatic rings. The average molecular weight is 476 g/mol. The molecule has 1 fully saturated rings. The van der Waals surface area contributed by atoms with Gasteiger partial charge in [-0.25, -0.2) is 4.79 Å². The summed E-state index contributed by atoms with van der Waals surface area (Å²) in [6.07, 6.45) is 3.93. The minimum atomic E-state index is -1.16. The summed E-state index contributed by atoms with van der Waals surface area (Å²) in [5, 5.41) is 11.4. The van der Waals surface area contributed by atoms with Gasteiger partial charge in [0.25, 0.3) is 0 Å². The number of carbonyl (C=O) groups excluding carboxylic acids is 2. The maximum atomic E-state index is 12.8. The van der Waals surface area contributed by atoms with E-state index in [1.807, 2.05) is 38.1 Å². The second kappa shape index (κ2) is 14.6. The number of unbranched alkanes of at least 4 members (excludes halogenated alkanes) is 2. The van der Waals surface area contributed by atoms with Gasteiger partial charge in [-0.05, 0) is 49.4 Å². The zero-order valence-corrected chi connectivity index (χ0v) is 20.9. The summed E-state index contributed by atoms with van der Waals surface area (Å²) in [6.45, 7) is 10.3. The van der Waals surface area contributed by atoms with Crippen LogP contribution in [0.15, 0.2) is 24.3 Å². The number of hydrogen-bond donors (Lipinski definition) is 2. The Kier molecular flexibility index (Phi) is 11.9. The summed E-state index contributed by atoms with van der Waals surface area (Å²) in [7, 11) is 0. The van der Waals surface area contributed by atoms with Crippen molar-refractivity contribution >= 4 is 17.8 Å². The molecule has 2 N–H and O–H groups in total. The van der Waals surface area contributed by atoms with Crippen LogP contribution in [0.4, 0.5) is 4.79 Å². The van der Waals surface area contributed by atoms with E-state index in [0.717, 1.165) is 56.6 Å². The number of ether oxygens (including phenoxy) is 1. The molecule has 0 saturated carbocycles.